The Morgan fingerprint density at radius 2 is 2.05 bits per heavy atom. The third-order valence-electron chi connectivity index (χ3n) is 2.25. The lowest BCUT2D eigenvalue weighted by atomic mass is 10.0. The predicted octanol–water partition coefficient (Wildman–Crippen LogP) is 2.94. The summed E-state index contributed by atoms with van der Waals surface area (Å²) >= 11 is 0. The van der Waals surface area contributed by atoms with E-state index in [0.29, 0.717) is 0 Å². The Morgan fingerprint density at radius 3 is 2.53 bits per heavy atom. The summed E-state index contributed by atoms with van der Waals surface area (Å²) in [6, 6.07) is 3.74. The second kappa shape index (κ2) is 5.61. The van der Waals surface area contributed by atoms with Crippen LogP contribution >= 0.6 is 0 Å². The summed E-state index contributed by atoms with van der Waals surface area (Å²) < 4.78 is 44.9. The molecular weight excluding hydrogens is 263 g/mol. The van der Waals surface area contributed by atoms with Gasteiger partial charge in [-0.15, -0.1) is 13.2 Å². The highest BCUT2D eigenvalue weighted by Crippen LogP contribution is 2.29. The molecule has 1 aromatic carbocycles. The Bertz CT molecular complexity index is 532. The summed E-state index contributed by atoms with van der Waals surface area (Å²) in [6.07, 6.45) is -4.86. The van der Waals surface area contributed by atoms with Crippen LogP contribution in [0.5, 0.6) is 5.75 Å². The molecule has 0 aliphatic heterocycles. The molecule has 0 heterocycles. The van der Waals surface area contributed by atoms with E-state index in [4.69, 9.17) is 10.00 Å². The van der Waals surface area contributed by atoms with E-state index >= 15 is 0 Å². The quantitative estimate of drug-likeness (QED) is 0.794. The molecule has 0 aliphatic carbocycles. The molecule has 0 radical (unpaired) electrons. The maximum absolute atomic E-state index is 12.1. The van der Waals surface area contributed by atoms with Gasteiger partial charge >= 0.3 is 12.3 Å². The van der Waals surface area contributed by atoms with Crippen molar-refractivity contribution < 1.29 is 27.4 Å². The van der Waals surface area contributed by atoms with Crippen molar-refractivity contribution >= 4 is 5.97 Å². The summed E-state index contributed by atoms with van der Waals surface area (Å²) in [4.78, 5) is 11.5. The van der Waals surface area contributed by atoms with Crippen LogP contribution in [0.15, 0.2) is 12.1 Å². The number of ether oxygens (including phenoxy) is 2. The van der Waals surface area contributed by atoms with E-state index in [-0.39, 0.29) is 23.3 Å². The van der Waals surface area contributed by atoms with Crippen LogP contribution in [0.1, 0.15) is 28.4 Å². The van der Waals surface area contributed by atoms with Crippen molar-refractivity contribution in [3.05, 3.63) is 28.8 Å². The number of nitrogens with zero attached hydrogens (tertiary/aromatic N) is 1. The molecule has 0 atom stereocenters. The molecule has 0 saturated carbocycles. The Morgan fingerprint density at radius 1 is 1.42 bits per heavy atom. The first-order valence-corrected chi connectivity index (χ1v) is 5.26. The lowest BCUT2D eigenvalue weighted by molar-refractivity contribution is -0.274. The maximum Gasteiger partial charge on any atom is 0.573 e. The van der Waals surface area contributed by atoms with Gasteiger partial charge in [0.2, 0.25) is 0 Å². The van der Waals surface area contributed by atoms with E-state index in [9.17, 15) is 18.0 Å². The molecule has 1 aromatic rings. The molecule has 0 fully saturated rings. The minimum absolute atomic E-state index is 0.0645. The topological polar surface area (TPSA) is 59.3 Å². The van der Waals surface area contributed by atoms with Gasteiger partial charge in [0.05, 0.1) is 17.7 Å². The third-order valence-corrected chi connectivity index (χ3v) is 2.25. The van der Waals surface area contributed by atoms with Crippen LogP contribution in [-0.2, 0) is 4.74 Å². The summed E-state index contributed by atoms with van der Waals surface area (Å²) in [7, 11) is 0. The maximum atomic E-state index is 12.1. The number of nitriles is 1. The number of carbonyl (C=O) groups excluding carboxylic acids is 1. The van der Waals surface area contributed by atoms with Gasteiger partial charge in [0.25, 0.3) is 0 Å². The standard InChI is InChI=1S/C12H10F3NO3/c1-3-18-11(17)8-4-5-10(19-12(13,14)15)7(2)9(8)6-16/h4-5H,3H2,1-2H3. The molecule has 0 bridgehead atoms. The van der Waals surface area contributed by atoms with E-state index < -0.39 is 18.1 Å². The number of hydrogen-bond donors (Lipinski definition) is 0. The molecule has 0 saturated heterocycles. The van der Waals surface area contributed by atoms with Crippen LogP contribution in [0, 0.1) is 18.3 Å². The van der Waals surface area contributed by atoms with Crippen LogP contribution in [0.2, 0.25) is 0 Å². The highest BCUT2D eigenvalue weighted by atomic mass is 19.4. The second-order valence-electron chi connectivity index (χ2n) is 3.49. The van der Waals surface area contributed by atoms with Crippen molar-refractivity contribution in [1.82, 2.24) is 0 Å². The van der Waals surface area contributed by atoms with Crippen molar-refractivity contribution in [2.45, 2.75) is 20.2 Å². The number of benzene rings is 1. The number of esters is 1. The molecule has 0 spiro atoms. The summed E-state index contributed by atoms with van der Waals surface area (Å²) in [5.74, 6) is -1.28. The minimum Gasteiger partial charge on any atom is -0.462 e. The zero-order chi connectivity index (χ0) is 14.6. The Kier molecular flexibility index (Phi) is 4.38. The van der Waals surface area contributed by atoms with E-state index in [1.165, 1.54) is 6.92 Å². The average Bonchev–Trinajstić information content (AvgIpc) is 2.30. The third kappa shape index (κ3) is 3.61. The molecule has 0 N–H and O–H groups in total. The fourth-order valence-electron chi connectivity index (χ4n) is 1.45. The molecule has 7 heteroatoms. The smallest absolute Gasteiger partial charge is 0.462 e. The number of halogens is 3. The first-order valence-electron chi connectivity index (χ1n) is 5.26. The largest absolute Gasteiger partial charge is 0.573 e. The van der Waals surface area contributed by atoms with Crippen molar-refractivity contribution in [2.24, 2.45) is 0 Å². The Balaban J connectivity index is 3.24. The van der Waals surface area contributed by atoms with Crippen LogP contribution in [0.4, 0.5) is 13.2 Å². The van der Waals surface area contributed by atoms with Crippen molar-refractivity contribution in [3.8, 4) is 11.8 Å². The van der Waals surface area contributed by atoms with Crippen molar-refractivity contribution in [3.63, 3.8) is 0 Å². The molecule has 0 amide bonds. The molecular formula is C12H10F3NO3. The number of rotatable bonds is 3. The van der Waals surface area contributed by atoms with Gasteiger partial charge in [0.15, 0.2) is 0 Å². The predicted molar refractivity (Wildman–Crippen MR) is 58.5 cm³/mol. The SMILES string of the molecule is CCOC(=O)c1ccc(OC(F)(F)F)c(C)c1C#N. The van der Waals surface area contributed by atoms with E-state index in [1.54, 1.807) is 13.0 Å². The van der Waals surface area contributed by atoms with E-state index in [0.717, 1.165) is 12.1 Å². The van der Waals surface area contributed by atoms with Gasteiger partial charge in [-0.05, 0) is 26.0 Å². The van der Waals surface area contributed by atoms with Crippen molar-refractivity contribution in [2.75, 3.05) is 6.61 Å². The normalized spacial score (nSPS) is 10.7. The summed E-state index contributed by atoms with van der Waals surface area (Å²) in [5, 5.41) is 8.94. The summed E-state index contributed by atoms with van der Waals surface area (Å²) in [6.45, 7) is 2.95. The van der Waals surface area contributed by atoms with Crippen LogP contribution in [0.3, 0.4) is 0 Å². The fourth-order valence-corrected chi connectivity index (χ4v) is 1.45. The lowest BCUT2D eigenvalue weighted by Crippen LogP contribution is -2.18. The molecule has 0 aromatic heterocycles. The number of hydrogen-bond acceptors (Lipinski definition) is 4. The Hall–Kier alpha value is -2.23. The molecule has 4 nitrogen and oxygen atoms in total. The molecule has 102 valence electrons. The average molecular weight is 273 g/mol. The van der Waals surface area contributed by atoms with Gasteiger partial charge in [-0.3, -0.25) is 0 Å². The number of carbonyl (C=O) groups is 1. The first-order chi connectivity index (χ1) is 8.80. The minimum atomic E-state index is -4.86. The number of alkyl halides is 3. The molecule has 0 unspecified atom stereocenters. The van der Waals surface area contributed by atoms with Gasteiger partial charge < -0.3 is 9.47 Å². The lowest BCUT2D eigenvalue weighted by Gasteiger charge is -2.13. The zero-order valence-corrected chi connectivity index (χ0v) is 10.2. The van der Waals surface area contributed by atoms with Gasteiger partial charge in [-0.2, -0.15) is 5.26 Å². The van der Waals surface area contributed by atoms with E-state index in [1.807, 2.05) is 0 Å². The first kappa shape index (κ1) is 14.8. The van der Waals surface area contributed by atoms with Crippen LogP contribution in [-0.4, -0.2) is 18.9 Å². The molecule has 1 rings (SSSR count). The van der Waals surface area contributed by atoms with Gasteiger partial charge in [-0.1, -0.05) is 0 Å². The zero-order valence-electron chi connectivity index (χ0n) is 10.2. The van der Waals surface area contributed by atoms with Crippen molar-refractivity contribution in [1.29, 1.82) is 5.26 Å². The van der Waals surface area contributed by atoms with Gasteiger partial charge in [-0.25, -0.2) is 4.79 Å². The Labute approximate surface area is 107 Å². The van der Waals surface area contributed by atoms with Gasteiger partial charge in [0.1, 0.15) is 11.8 Å². The van der Waals surface area contributed by atoms with Gasteiger partial charge in [0, 0.05) is 5.56 Å². The highest BCUT2D eigenvalue weighted by Gasteiger charge is 2.32. The monoisotopic (exact) mass is 273 g/mol. The molecule has 19 heavy (non-hydrogen) atoms. The molecule has 0 aliphatic rings. The van der Waals surface area contributed by atoms with E-state index in [2.05, 4.69) is 4.74 Å². The van der Waals surface area contributed by atoms with Crippen LogP contribution in [0.25, 0.3) is 0 Å². The van der Waals surface area contributed by atoms with Crippen LogP contribution < -0.4 is 4.74 Å². The second-order valence-corrected chi connectivity index (χ2v) is 3.49. The highest BCUT2D eigenvalue weighted by molar-refractivity contribution is 5.93. The fraction of sp³-hybridized carbons (Fsp3) is 0.333. The summed E-state index contributed by atoms with van der Waals surface area (Å²) in [5.41, 5.74) is -0.345.